The van der Waals surface area contributed by atoms with Gasteiger partial charge in [0.15, 0.2) is 0 Å². The minimum Gasteiger partial charge on any atom is -0.480 e. The van der Waals surface area contributed by atoms with Crippen molar-refractivity contribution >= 4 is 85.1 Å². The van der Waals surface area contributed by atoms with Crippen LogP contribution in [0.15, 0.2) is 73.2 Å². The lowest BCUT2D eigenvalue weighted by Gasteiger charge is -2.05. The van der Waals surface area contributed by atoms with Gasteiger partial charge in [-0.15, -0.1) is 0 Å². The fourth-order valence-corrected chi connectivity index (χ4v) is 5.29. The second-order valence-corrected chi connectivity index (χ2v) is 11.1. The van der Waals surface area contributed by atoms with E-state index >= 15 is 0 Å². The number of benzene rings is 3. The number of nitrogens with one attached hydrogen (secondary N) is 3. The van der Waals surface area contributed by atoms with Gasteiger partial charge in [-0.3, -0.25) is 19.7 Å². The first-order valence-electron chi connectivity index (χ1n) is 13.2. The van der Waals surface area contributed by atoms with Crippen molar-refractivity contribution in [2.75, 3.05) is 0 Å². The van der Waals surface area contributed by atoms with Crippen LogP contribution in [0.25, 0.3) is 32.7 Å². The summed E-state index contributed by atoms with van der Waals surface area (Å²) in [6.45, 7) is 0. The quantitative estimate of drug-likeness (QED) is 0.0753. The van der Waals surface area contributed by atoms with Crippen molar-refractivity contribution in [1.29, 1.82) is 0 Å². The van der Waals surface area contributed by atoms with E-state index < -0.39 is 28.9 Å². The van der Waals surface area contributed by atoms with Crippen molar-refractivity contribution in [2.45, 2.75) is 24.9 Å². The molecule has 0 amide bonds. The van der Waals surface area contributed by atoms with E-state index in [1.165, 1.54) is 18.3 Å². The highest BCUT2D eigenvalue weighted by Crippen LogP contribution is 2.34. The molecule has 0 bridgehead atoms. The zero-order chi connectivity index (χ0) is 32.8. The summed E-state index contributed by atoms with van der Waals surface area (Å²) in [5.41, 5.74) is 14.4. The average Bonchev–Trinajstić information content (AvgIpc) is 3.74. The first-order chi connectivity index (χ1) is 21.4. The Balaban J connectivity index is 0.000000160. The van der Waals surface area contributed by atoms with Gasteiger partial charge in [0.1, 0.15) is 12.1 Å². The van der Waals surface area contributed by atoms with Crippen LogP contribution < -0.4 is 11.5 Å². The van der Waals surface area contributed by atoms with Gasteiger partial charge in [0.25, 0.3) is 5.69 Å². The van der Waals surface area contributed by atoms with E-state index in [4.69, 9.17) is 56.5 Å². The van der Waals surface area contributed by atoms with Crippen molar-refractivity contribution in [3.63, 3.8) is 0 Å². The van der Waals surface area contributed by atoms with E-state index in [0.717, 1.165) is 32.4 Å². The maximum absolute atomic E-state index is 11.0. The number of hydrogen-bond acceptors (Lipinski definition) is 6. The van der Waals surface area contributed by atoms with E-state index in [0.29, 0.717) is 26.5 Å². The van der Waals surface area contributed by atoms with Crippen molar-refractivity contribution in [2.24, 2.45) is 11.5 Å². The summed E-state index contributed by atoms with van der Waals surface area (Å²) in [6, 6.07) is 14.0. The second-order valence-electron chi connectivity index (χ2n) is 9.84. The number of carboxylic acids is 2. The smallest absolute Gasteiger partial charge is 0.320 e. The molecule has 6 aromatic rings. The van der Waals surface area contributed by atoms with E-state index in [-0.39, 0.29) is 18.5 Å². The number of para-hydroxylation sites is 2. The van der Waals surface area contributed by atoms with Gasteiger partial charge in [-0.25, -0.2) is 0 Å². The maximum Gasteiger partial charge on any atom is 0.320 e. The SMILES string of the molecule is Clc1cccc2cc[nH]c12.NC(Cc1c[nH]c2c(Cl)ccc([N+](=O)[O-])c12)C(=O)O.NC(Cc1c[nH]c2c(Cl)cccc12)C(=O)O. The number of aromatic amines is 3. The molecule has 3 heterocycles. The van der Waals surface area contributed by atoms with Crippen molar-refractivity contribution in [1.82, 2.24) is 15.0 Å². The largest absolute Gasteiger partial charge is 0.480 e. The molecule has 9 N–H and O–H groups in total. The Morgan fingerprint density at radius 3 is 1.93 bits per heavy atom. The van der Waals surface area contributed by atoms with Crippen molar-refractivity contribution in [3.05, 3.63) is 109 Å². The maximum atomic E-state index is 11.0. The second kappa shape index (κ2) is 14.5. The van der Waals surface area contributed by atoms with Crippen LogP contribution in [0.1, 0.15) is 11.1 Å². The molecule has 0 fully saturated rings. The summed E-state index contributed by atoms with van der Waals surface area (Å²) in [5, 5.41) is 32.6. The molecule has 6 rings (SSSR count). The molecule has 3 aromatic carbocycles. The molecule has 0 aliphatic carbocycles. The van der Waals surface area contributed by atoms with Crippen LogP contribution in [0.3, 0.4) is 0 Å². The lowest BCUT2D eigenvalue weighted by Crippen LogP contribution is -2.32. The standard InChI is InChI=1S/C11H10ClN3O4.C11H11ClN2O2.C8H6ClN/c12-6-1-2-8(15(18)19)9-5(4-14-10(6)9)3-7(13)11(16)17;12-8-3-1-2-7-6(5-14-10(7)8)4-9(13)11(15)16;9-7-3-1-2-6-4-5-10-8(6)7/h1-2,4,7,14H,3,13H2,(H,16,17);1-3,5,9,14H,4,13H2,(H,15,16);1-5,10H. The summed E-state index contributed by atoms with van der Waals surface area (Å²) >= 11 is 17.8. The molecule has 12 nitrogen and oxygen atoms in total. The number of halogens is 3. The highest BCUT2D eigenvalue weighted by molar-refractivity contribution is 6.36. The third-order valence-electron chi connectivity index (χ3n) is 6.84. The topological polar surface area (TPSA) is 217 Å². The van der Waals surface area contributed by atoms with Crippen LogP contribution in [0.5, 0.6) is 0 Å². The van der Waals surface area contributed by atoms with Crippen molar-refractivity contribution < 1.29 is 24.7 Å². The number of nitrogens with zero attached hydrogens (tertiary/aromatic N) is 1. The Labute approximate surface area is 270 Å². The number of aromatic nitrogens is 3. The third-order valence-corrected chi connectivity index (χ3v) is 7.79. The predicted molar refractivity (Wildman–Crippen MR) is 175 cm³/mol. The Kier molecular flexibility index (Phi) is 10.7. The summed E-state index contributed by atoms with van der Waals surface area (Å²) < 4.78 is 0. The van der Waals surface area contributed by atoms with Gasteiger partial charge in [-0.1, -0.05) is 59.1 Å². The summed E-state index contributed by atoms with van der Waals surface area (Å²) in [4.78, 5) is 40.8. The fourth-order valence-electron chi connectivity index (χ4n) is 4.62. The fraction of sp³-hybridized carbons (Fsp3) is 0.133. The van der Waals surface area contributed by atoms with E-state index in [1.807, 2.05) is 42.6 Å². The lowest BCUT2D eigenvalue weighted by atomic mass is 10.0. The van der Waals surface area contributed by atoms with E-state index in [9.17, 15) is 19.7 Å². The number of carbonyl (C=O) groups is 2. The molecule has 15 heteroatoms. The molecule has 0 aliphatic heterocycles. The Morgan fingerprint density at radius 2 is 1.31 bits per heavy atom. The van der Waals surface area contributed by atoms with Crippen LogP contribution in [0, 0.1) is 10.1 Å². The van der Waals surface area contributed by atoms with Gasteiger partial charge in [-0.2, -0.15) is 0 Å². The Bertz CT molecular complexity index is 2000. The molecule has 0 aliphatic rings. The number of non-ortho nitro benzene ring substituents is 1. The van der Waals surface area contributed by atoms with Gasteiger partial charge in [0, 0.05) is 48.3 Å². The van der Waals surface area contributed by atoms with Gasteiger partial charge in [0.2, 0.25) is 0 Å². The van der Waals surface area contributed by atoms with Gasteiger partial charge < -0.3 is 36.6 Å². The molecule has 45 heavy (non-hydrogen) atoms. The normalized spacial score (nSPS) is 12.2. The van der Waals surface area contributed by atoms with Crippen LogP contribution in [-0.4, -0.2) is 54.1 Å². The molecular weight excluding hydrogens is 647 g/mol. The Hall–Kier alpha value is -4.59. The van der Waals surface area contributed by atoms with E-state index in [2.05, 4.69) is 15.0 Å². The molecule has 234 valence electrons. The monoisotopic (exact) mass is 672 g/mol. The van der Waals surface area contributed by atoms with E-state index in [1.54, 1.807) is 12.3 Å². The number of nitro groups is 1. The summed E-state index contributed by atoms with van der Waals surface area (Å²) in [5.74, 6) is -2.17. The van der Waals surface area contributed by atoms with Crippen LogP contribution in [-0.2, 0) is 22.4 Å². The van der Waals surface area contributed by atoms with Gasteiger partial charge in [-0.05, 0) is 35.4 Å². The molecule has 0 spiro atoms. The minimum atomic E-state index is -1.17. The molecule has 2 atom stereocenters. The first-order valence-corrected chi connectivity index (χ1v) is 14.4. The summed E-state index contributed by atoms with van der Waals surface area (Å²) in [7, 11) is 0. The minimum absolute atomic E-state index is 0.0173. The Morgan fingerprint density at radius 1 is 0.756 bits per heavy atom. The number of hydrogen-bond donors (Lipinski definition) is 7. The molecule has 0 radical (unpaired) electrons. The molecule has 2 unspecified atom stereocenters. The van der Waals surface area contributed by atoms with Gasteiger partial charge in [0.05, 0.1) is 41.9 Å². The zero-order valence-corrected chi connectivity index (χ0v) is 25.5. The molecular formula is C30H27Cl3N6O6. The third kappa shape index (κ3) is 7.74. The number of nitrogens with two attached hydrogens (primary N) is 2. The molecule has 3 aromatic heterocycles. The van der Waals surface area contributed by atoms with Gasteiger partial charge >= 0.3 is 11.9 Å². The number of H-pyrrole nitrogens is 3. The van der Waals surface area contributed by atoms with Crippen LogP contribution in [0.4, 0.5) is 5.69 Å². The van der Waals surface area contributed by atoms with Crippen LogP contribution in [0.2, 0.25) is 15.1 Å². The zero-order valence-electron chi connectivity index (χ0n) is 23.3. The summed E-state index contributed by atoms with van der Waals surface area (Å²) in [6.07, 6.45) is 5.40. The number of carboxylic acid groups (broad SMARTS) is 2. The highest BCUT2D eigenvalue weighted by atomic mass is 35.5. The number of rotatable bonds is 7. The highest BCUT2D eigenvalue weighted by Gasteiger charge is 2.22. The number of nitro benzene ring substituents is 1. The number of fused-ring (bicyclic) bond motifs is 3. The predicted octanol–water partition coefficient (Wildman–Crippen LogP) is 6.28. The van der Waals surface area contributed by atoms with Crippen molar-refractivity contribution in [3.8, 4) is 0 Å². The lowest BCUT2D eigenvalue weighted by molar-refractivity contribution is -0.383. The van der Waals surface area contributed by atoms with Crippen LogP contribution >= 0.6 is 34.8 Å². The number of aliphatic carboxylic acids is 2. The molecule has 0 saturated carbocycles. The average molecular weight is 674 g/mol. The first kappa shape index (κ1) is 33.3. The molecule has 0 saturated heterocycles.